The first-order valence-corrected chi connectivity index (χ1v) is 8.38. The fourth-order valence-corrected chi connectivity index (χ4v) is 3.24. The van der Waals surface area contributed by atoms with Gasteiger partial charge in [0.15, 0.2) is 0 Å². The Bertz CT molecular complexity index is 363. The van der Waals surface area contributed by atoms with Crippen molar-refractivity contribution in [2.75, 3.05) is 26.2 Å². The highest BCUT2D eigenvalue weighted by Crippen LogP contribution is 2.32. The number of piperidine rings is 2. The maximum absolute atomic E-state index is 12.2. The predicted molar refractivity (Wildman–Crippen MR) is 85.4 cm³/mol. The van der Waals surface area contributed by atoms with Gasteiger partial charge in [0.05, 0.1) is 0 Å². The minimum atomic E-state index is -0.404. The molecular formula is C17H32N2O2. The highest BCUT2D eigenvalue weighted by molar-refractivity contribution is 5.68. The van der Waals surface area contributed by atoms with E-state index < -0.39 is 5.60 Å². The topological polar surface area (TPSA) is 32.8 Å². The molecule has 2 saturated heterocycles. The average molecular weight is 296 g/mol. The van der Waals surface area contributed by atoms with Gasteiger partial charge in [0.2, 0.25) is 0 Å². The summed E-state index contributed by atoms with van der Waals surface area (Å²) in [4.78, 5) is 16.7. The number of rotatable bonds is 1. The van der Waals surface area contributed by atoms with Gasteiger partial charge in [0.1, 0.15) is 5.60 Å². The summed E-state index contributed by atoms with van der Waals surface area (Å²) >= 11 is 0. The summed E-state index contributed by atoms with van der Waals surface area (Å²) in [7, 11) is 0. The first-order valence-electron chi connectivity index (χ1n) is 8.38. The van der Waals surface area contributed by atoms with Crippen LogP contribution in [0.3, 0.4) is 0 Å². The van der Waals surface area contributed by atoms with Crippen molar-refractivity contribution >= 4 is 6.09 Å². The van der Waals surface area contributed by atoms with Gasteiger partial charge in [-0.25, -0.2) is 4.79 Å². The molecule has 21 heavy (non-hydrogen) atoms. The standard InChI is InChI=1S/C17H32N2O2/c1-16(2,3)21-15(20)19-10-6-7-14(13-19)18-11-8-17(4,5)9-12-18/h14H,6-13H2,1-5H3. The summed E-state index contributed by atoms with van der Waals surface area (Å²) in [5, 5.41) is 0. The molecule has 2 heterocycles. The molecule has 0 aromatic carbocycles. The Morgan fingerprint density at radius 3 is 2.33 bits per heavy atom. The van der Waals surface area contributed by atoms with Crippen molar-refractivity contribution in [1.29, 1.82) is 0 Å². The van der Waals surface area contributed by atoms with Crippen LogP contribution in [0.4, 0.5) is 4.79 Å². The summed E-state index contributed by atoms with van der Waals surface area (Å²) in [6.45, 7) is 14.5. The van der Waals surface area contributed by atoms with E-state index >= 15 is 0 Å². The van der Waals surface area contributed by atoms with Crippen LogP contribution in [0, 0.1) is 5.41 Å². The van der Waals surface area contributed by atoms with Crippen molar-refractivity contribution in [3.63, 3.8) is 0 Å². The first-order chi connectivity index (χ1) is 9.66. The predicted octanol–water partition coefficient (Wildman–Crippen LogP) is 3.51. The van der Waals surface area contributed by atoms with Gasteiger partial charge in [0.25, 0.3) is 0 Å². The van der Waals surface area contributed by atoms with E-state index in [1.807, 2.05) is 25.7 Å². The lowest BCUT2D eigenvalue weighted by Crippen LogP contribution is -2.53. The molecule has 4 heteroatoms. The number of ether oxygens (including phenoxy) is 1. The molecule has 4 nitrogen and oxygen atoms in total. The average Bonchev–Trinajstić information content (AvgIpc) is 2.37. The molecule has 0 aromatic rings. The highest BCUT2D eigenvalue weighted by atomic mass is 16.6. The molecular weight excluding hydrogens is 264 g/mol. The zero-order valence-electron chi connectivity index (χ0n) is 14.4. The Morgan fingerprint density at radius 2 is 1.76 bits per heavy atom. The van der Waals surface area contributed by atoms with E-state index in [9.17, 15) is 4.79 Å². The molecule has 1 amide bonds. The van der Waals surface area contributed by atoms with E-state index in [0.29, 0.717) is 11.5 Å². The van der Waals surface area contributed by atoms with Crippen LogP contribution >= 0.6 is 0 Å². The number of carbonyl (C=O) groups excluding carboxylic acids is 1. The lowest BCUT2D eigenvalue weighted by Gasteiger charge is -2.44. The van der Waals surface area contributed by atoms with Gasteiger partial charge in [-0.05, 0) is 65.0 Å². The molecule has 1 unspecified atom stereocenters. The third-order valence-corrected chi connectivity index (χ3v) is 4.72. The molecule has 0 radical (unpaired) electrons. The maximum Gasteiger partial charge on any atom is 0.410 e. The van der Waals surface area contributed by atoms with Crippen molar-refractivity contribution in [2.45, 2.75) is 71.9 Å². The van der Waals surface area contributed by atoms with Crippen LogP contribution in [0.15, 0.2) is 0 Å². The minimum absolute atomic E-state index is 0.149. The van der Waals surface area contributed by atoms with Crippen LogP contribution in [0.1, 0.15) is 60.3 Å². The molecule has 0 aliphatic carbocycles. The summed E-state index contributed by atoms with van der Waals surface area (Å²) < 4.78 is 5.51. The van der Waals surface area contributed by atoms with Crippen LogP contribution in [0.5, 0.6) is 0 Å². The van der Waals surface area contributed by atoms with Gasteiger partial charge in [0, 0.05) is 19.1 Å². The van der Waals surface area contributed by atoms with Crippen molar-refractivity contribution < 1.29 is 9.53 Å². The van der Waals surface area contributed by atoms with Crippen molar-refractivity contribution in [3.8, 4) is 0 Å². The summed E-state index contributed by atoms with van der Waals surface area (Å²) in [5.41, 5.74) is 0.0786. The highest BCUT2D eigenvalue weighted by Gasteiger charge is 2.33. The van der Waals surface area contributed by atoms with Crippen LogP contribution in [-0.2, 0) is 4.74 Å². The van der Waals surface area contributed by atoms with Crippen LogP contribution < -0.4 is 0 Å². The van der Waals surface area contributed by atoms with E-state index in [1.54, 1.807) is 0 Å². The van der Waals surface area contributed by atoms with Crippen LogP contribution in [0.25, 0.3) is 0 Å². The zero-order chi connectivity index (χ0) is 15.7. The number of hydrogen-bond donors (Lipinski definition) is 0. The normalized spacial score (nSPS) is 27.5. The maximum atomic E-state index is 12.2. The smallest absolute Gasteiger partial charge is 0.410 e. The zero-order valence-corrected chi connectivity index (χ0v) is 14.4. The van der Waals surface area contributed by atoms with Crippen molar-refractivity contribution in [1.82, 2.24) is 9.80 Å². The van der Waals surface area contributed by atoms with E-state index in [2.05, 4.69) is 18.7 Å². The number of hydrogen-bond acceptors (Lipinski definition) is 3. The molecule has 2 fully saturated rings. The third kappa shape index (κ3) is 4.87. The Morgan fingerprint density at radius 1 is 1.14 bits per heavy atom. The molecule has 0 N–H and O–H groups in total. The van der Waals surface area contributed by atoms with Crippen molar-refractivity contribution in [3.05, 3.63) is 0 Å². The Labute approximate surface area is 129 Å². The molecule has 2 aliphatic rings. The fraction of sp³-hybridized carbons (Fsp3) is 0.941. The molecule has 0 spiro atoms. The number of likely N-dealkylation sites (tertiary alicyclic amines) is 2. The van der Waals surface area contributed by atoms with Gasteiger partial charge >= 0.3 is 6.09 Å². The van der Waals surface area contributed by atoms with Crippen LogP contribution in [0.2, 0.25) is 0 Å². The molecule has 122 valence electrons. The second kappa shape index (κ2) is 6.15. The SMILES string of the molecule is CC1(C)CCN(C2CCCN(C(=O)OC(C)(C)C)C2)CC1. The Hall–Kier alpha value is -0.770. The monoisotopic (exact) mass is 296 g/mol. The van der Waals surface area contributed by atoms with Gasteiger partial charge in [-0.2, -0.15) is 0 Å². The van der Waals surface area contributed by atoms with Gasteiger partial charge in [-0.3, -0.25) is 4.90 Å². The number of nitrogens with zero attached hydrogens (tertiary/aromatic N) is 2. The van der Waals surface area contributed by atoms with Crippen molar-refractivity contribution in [2.24, 2.45) is 5.41 Å². The largest absolute Gasteiger partial charge is 0.444 e. The van der Waals surface area contributed by atoms with Gasteiger partial charge < -0.3 is 9.64 Å². The summed E-state index contributed by atoms with van der Waals surface area (Å²) in [5.74, 6) is 0. The third-order valence-electron chi connectivity index (χ3n) is 4.72. The Balaban J connectivity index is 1.88. The van der Waals surface area contributed by atoms with Crippen LogP contribution in [-0.4, -0.2) is 53.7 Å². The summed E-state index contributed by atoms with van der Waals surface area (Å²) in [6, 6.07) is 0.516. The molecule has 0 aromatic heterocycles. The molecule has 1 atom stereocenters. The molecule has 0 saturated carbocycles. The van der Waals surface area contributed by atoms with Gasteiger partial charge in [-0.1, -0.05) is 13.8 Å². The van der Waals surface area contributed by atoms with E-state index in [0.717, 1.165) is 19.5 Å². The van der Waals surface area contributed by atoms with E-state index in [-0.39, 0.29) is 6.09 Å². The fourth-order valence-electron chi connectivity index (χ4n) is 3.24. The van der Waals surface area contributed by atoms with Gasteiger partial charge in [-0.15, -0.1) is 0 Å². The molecule has 2 rings (SSSR count). The number of amides is 1. The molecule has 2 aliphatic heterocycles. The second-order valence-corrected chi connectivity index (χ2v) is 8.42. The summed E-state index contributed by atoms with van der Waals surface area (Å²) in [6.07, 6.45) is 4.67. The van der Waals surface area contributed by atoms with E-state index in [1.165, 1.54) is 32.4 Å². The lowest BCUT2D eigenvalue weighted by atomic mass is 9.82. The second-order valence-electron chi connectivity index (χ2n) is 8.42. The number of carbonyl (C=O) groups is 1. The Kier molecular flexibility index (Phi) is 4.86. The lowest BCUT2D eigenvalue weighted by molar-refractivity contribution is 0.00395. The van der Waals surface area contributed by atoms with E-state index in [4.69, 9.17) is 4.74 Å². The minimum Gasteiger partial charge on any atom is -0.444 e. The first kappa shape index (κ1) is 16.6. The quantitative estimate of drug-likeness (QED) is 0.742. The molecule has 0 bridgehead atoms.